The van der Waals surface area contributed by atoms with E-state index in [1.54, 1.807) is 18.7 Å². The number of aliphatic hydroxyl groups is 1. The number of nitrogens with zero attached hydrogens (tertiary/aromatic N) is 4. The first-order chi connectivity index (χ1) is 10.1. The molecule has 0 radical (unpaired) electrons. The molecule has 1 aliphatic carbocycles. The lowest BCUT2D eigenvalue weighted by Crippen LogP contribution is -2.08. The summed E-state index contributed by atoms with van der Waals surface area (Å²) in [6.07, 6.45) is 4.33. The van der Waals surface area contributed by atoms with E-state index in [4.69, 9.17) is 0 Å². The molecule has 0 spiro atoms. The van der Waals surface area contributed by atoms with Crippen molar-refractivity contribution >= 4 is 27.7 Å². The molecule has 5 nitrogen and oxygen atoms in total. The Hall–Kier alpha value is -0.920. The zero-order valence-corrected chi connectivity index (χ0v) is 14.1. The molecule has 0 amide bonds. The van der Waals surface area contributed by atoms with Gasteiger partial charge in [0.15, 0.2) is 0 Å². The lowest BCUT2D eigenvalue weighted by molar-refractivity contribution is 0.198. The fourth-order valence-electron chi connectivity index (χ4n) is 2.65. The van der Waals surface area contributed by atoms with E-state index < -0.39 is 6.10 Å². The molecule has 112 valence electrons. The summed E-state index contributed by atoms with van der Waals surface area (Å²) in [6, 6.07) is 6.36. The summed E-state index contributed by atoms with van der Waals surface area (Å²) in [5.41, 5.74) is 0.884. The number of benzene rings is 1. The maximum absolute atomic E-state index is 9.67. The molecule has 1 N–H and O–H groups in total. The number of rotatable bonds is 4. The largest absolute Gasteiger partial charge is 0.389 e. The van der Waals surface area contributed by atoms with Crippen molar-refractivity contribution in [3.63, 3.8) is 0 Å². The van der Waals surface area contributed by atoms with Crippen molar-refractivity contribution < 1.29 is 5.11 Å². The highest BCUT2D eigenvalue weighted by atomic mass is 79.9. The third kappa shape index (κ3) is 3.30. The normalized spacial score (nSPS) is 17.3. The number of aliphatic hydroxyl groups excluding tert-OH is 1. The summed E-state index contributed by atoms with van der Waals surface area (Å²) in [5.74, 6) is 0. The van der Waals surface area contributed by atoms with Crippen LogP contribution in [-0.2, 0) is 0 Å². The van der Waals surface area contributed by atoms with Gasteiger partial charge in [0, 0.05) is 9.37 Å². The highest BCUT2D eigenvalue weighted by molar-refractivity contribution is 9.10. The molecule has 1 fully saturated rings. The van der Waals surface area contributed by atoms with Crippen LogP contribution in [0.4, 0.5) is 0 Å². The fourth-order valence-corrected chi connectivity index (χ4v) is 4.39. The molecule has 0 bridgehead atoms. The van der Waals surface area contributed by atoms with Crippen molar-refractivity contribution in [1.29, 1.82) is 0 Å². The summed E-state index contributed by atoms with van der Waals surface area (Å²) in [5, 5.41) is 22.6. The molecule has 0 unspecified atom stereocenters. The topological polar surface area (TPSA) is 63.8 Å². The minimum Gasteiger partial charge on any atom is -0.389 e. The van der Waals surface area contributed by atoms with E-state index >= 15 is 0 Å². The molecular weight excluding hydrogens is 352 g/mol. The molecule has 1 atom stereocenters. The van der Waals surface area contributed by atoms with Crippen molar-refractivity contribution in [2.75, 3.05) is 0 Å². The summed E-state index contributed by atoms with van der Waals surface area (Å²) < 4.78 is 2.86. The molecule has 21 heavy (non-hydrogen) atoms. The maximum atomic E-state index is 9.67. The van der Waals surface area contributed by atoms with Crippen LogP contribution in [0, 0.1) is 0 Å². The molecular formula is C14H17BrN4OS. The third-order valence-electron chi connectivity index (χ3n) is 3.76. The highest BCUT2D eigenvalue weighted by Crippen LogP contribution is 2.35. The van der Waals surface area contributed by atoms with Gasteiger partial charge in [-0.2, -0.15) is 0 Å². The minimum atomic E-state index is -0.484. The van der Waals surface area contributed by atoms with Crippen LogP contribution < -0.4 is 0 Å². The Kier molecular flexibility index (Phi) is 4.61. The second-order valence-electron chi connectivity index (χ2n) is 5.31. The number of hydrogen-bond acceptors (Lipinski definition) is 5. The van der Waals surface area contributed by atoms with Crippen LogP contribution in [-0.4, -0.2) is 25.3 Å². The first-order valence-electron chi connectivity index (χ1n) is 7.08. The molecule has 1 saturated carbocycles. The Morgan fingerprint density at radius 3 is 2.81 bits per heavy atom. The van der Waals surface area contributed by atoms with Gasteiger partial charge in [0.2, 0.25) is 5.16 Å². The van der Waals surface area contributed by atoms with E-state index in [1.165, 1.54) is 12.8 Å². The van der Waals surface area contributed by atoms with Crippen LogP contribution in [0.5, 0.6) is 0 Å². The predicted octanol–water partition coefficient (Wildman–Crippen LogP) is 3.76. The molecule has 0 saturated heterocycles. The van der Waals surface area contributed by atoms with Crippen LogP contribution in [0.3, 0.4) is 0 Å². The van der Waals surface area contributed by atoms with E-state index in [0.29, 0.717) is 6.04 Å². The monoisotopic (exact) mass is 368 g/mol. The molecule has 1 aliphatic rings. The van der Waals surface area contributed by atoms with Gasteiger partial charge in [-0.05, 0) is 59.7 Å². The minimum absolute atomic E-state index is 0.433. The molecule has 7 heteroatoms. The van der Waals surface area contributed by atoms with Gasteiger partial charge in [-0.1, -0.05) is 34.8 Å². The van der Waals surface area contributed by atoms with E-state index in [1.807, 2.05) is 22.9 Å². The number of halogens is 1. The zero-order chi connectivity index (χ0) is 14.8. The Labute approximate surface area is 136 Å². The average molecular weight is 369 g/mol. The summed E-state index contributed by atoms with van der Waals surface area (Å²) in [6.45, 7) is 1.76. The van der Waals surface area contributed by atoms with E-state index in [-0.39, 0.29) is 0 Å². The maximum Gasteiger partial charge on any atom is 0.214 e. The average Bonchev–Trinajstić information content (AvgIpc) is 3.08. The van der Waals surface area contributed by atoms with E-state index in [9.17, 15) is 5.11 Å². The Morgan fingerprint density at radius 2 is 2.14 bits per heavy atom. The lowest BCUT2D eigenvalue weighted by Gasteiger charge is -2.12. The van der Waals surface area contributed by atoms with Gasteiger partial charge in [0.05, 0.1) is 12.1 Å². The number of tetrazole rings is 1. The lowest BCUT2D eigenvalue weighted by atomic mass is 10.1. The van der Waals surface area contributed by atoms with E-state index in [0.717, 1.165) is 32.9 Å². The van der Waals surface area contributed by atoms with Crippen LogP contribution in [0.2, 0.25) is 0 Å². The quantitative estimate of drug-likeness (QED) is 0.889. The van der Waals surface area contributed by atoms with Crippen LogP contribution in [0.25, 0.3) is 0 Å². The molecule has 0 aliphatic heterocycles. The van der Waals surface area contributed by atoms with Crippen molar-refractivity contribution in [1.82, 2.24) is 20.2 Å². The van der Waals surface area contributed by atoms with Gasteiger partial charge >= 0.3 is 0 Å². The molecule has 1 aromatic carbocycles. The smallest absolute Gasteiger partial charge is 0.214 e. The molecule has 1 heterocycles. The van der Waals surface area contributed by atoms with Crippen molar-refractivity contribution in [2.45, 2.75) is 54.8 Å². The van der Waals surface area contributed by atoms with Gasteiger partial charge in [-0.25, -0.2) is 4.68 Å². The van der Waals surface area contributed by atoms with Crippen molar-refractivity contribution in [2.24, 2.45) is 0 Å². The fraction of sp³-hybridized carbons (Fsp3) is 0.500. The van der Waals surface area contributed by atoms with Crippen LogP contribution in [0.1, 0.15) is 50.3 Å². The SMILES string of the molecule is C[C@H](O)c1ccc(Sc2nnnn2C2CCCC2)cc1Br. The first-order valence-corrected chi connectivity index (χ1v) is 8.69. The van der Waals surface area contributed by atoms with E-state index in [2.05, 4.69) is 31.5 Å². The zero-order valence-electron chi connectivity index (χ0n) is 11.7. The van der Waals surface area contributed by atoms with Gasteiger partial charge in [0.1, 0.15) is 0 Å². The van der Waals surface area contributed by atoms with Gasteiger partial charge in [-0.3, -0.25) is 0 Å². The Morgan fingerprint density at radius 1 is 1.38 bits per heavy atom. The van der Waals surface area contributed by atoms with Crippen molar-refractivity contribution in [3.05, 3.63) is 28.2 Å². The summed E-state index contributed by atoms with van der Waals surface area (Å²) in [7, 11) is 0. The Bertz CT molecular complexity index is 625. The van der Waals surface area contributed by atoms with Gasteiger partial charge in [0.25, 0.3) is 0 Å². The number of aromatic nitrogens is 4. The second-order valence-corrected chi connectivity index (χ2v) is 7.20. The molecule has 2 aromatic rings. The van der Waals surface area contributed by atoms with Crippen LogP contribution >= 0.6 is 27.7 Å². The highest BCUT2D eigenvalue weighted by Gasteiger charge is 2.22. The van der Waals surface area contributed by atoms with Gasteiger partial charge in [-0.15, -0.1) is 5.10 Å². The standard InChI is InChI=1S/C14H17BrN4OS/c1-9(20)12-7-6-11(8-13(12)15)21-14-16-17-18-19(14)10-4-2-3-5-10/h6-10,20H,2-5H2,1H3/t9-/m0/s1. The summed E-state index contributed by atoms with van der Waals surface area (Å²) >= 11 is 5.06. The van der Waals surface area contributed by atoms with Gasteiger partial charge < -0.3 is 5.11 Å². The summed E-state index contributed by atoms with van der Waals surface area (Å²) in [4.78, 5) is 1.06. The predicted molar refractivity (Wildman–Crippen MR) is 84.2 cm³/mol. The first kappa shape index (κ1) is 15.0. The third-order valence-corrected chi connectivity index (χ3v) is 5.39. The van der Waals surface area contributed by atoms with Crippen molar-refractivity contribution in [3.8, 4) is 0 Å². The molecule has 3 rings (SSSR count). The second kappa shape index (κ2) is 6.46. The molecule has 1 aromatic heterocycles. The number of hydrogen-bond donors (Lipinski definition) is 1. The Balaban J connectivity index is 1.81. The van der Waals surface area contributed by atoms with Crippen LogP contribution in [0.15, 0.2) is 32.7 Å².